The first-order valence-corrected chi connectivity index (χ1v) is 9.13. The lowest BCUT2D eigenvalue weighted by Gasteiger charge is -2.16. The first-order chi connectivity index (χ1) is 13.7. The van der Waals surface area contributed by atoms with Crippen LogP contribution in [0.15, 0.2) is 39.7 Å². The van der Waals surface area contributed by atoms with Crippen molar-refractivity contribution in [2.24, 2.45) is 7.05 Å². The highest BCUT2D eigenvalue weighted by Gasteiger charge is 2.20. The second-order valence-electron chi connectivity index (χ2n) is 7.19. The number of fused-ring (bicyclic) bond motifs is 2. The van der Waals surface area contributed by atoms with E-state index in [0.29, 0.717) is 39.1 Å². The topological polar surface area (TPSA) is 110 Å². The molecule has 4 rings (SSSR count). The molecule has 0 aliphatic rings. The molecule has 0 bridgehead atoms. The van der Waals surface area contributed by atoms with Crippen LogP contribution in [0.2, 0.25) is 0 Å². The average molecular weight is 392 g/mol. The molecule has 0 aliphatic carbocycles. The molecular weight excluding hydrogens is 372 g/mol. The quantitative estimate of drug-likeness (QED) is 0.550. The Bertz CT molecular complexity index is 1340. The van der Waals surface area contributed by atoms with E-state index in [9.17, 15) is 9.59 Å². The number of aromatic nitrogens is 3. The summed E-state index contributed by atoms with van der Waals surface area (Å²) >= 11 is 0. The Morgan fingerprint density at radius 3 is 2.72 bits per heavy atom. The Balaban J connectivity index is 1.99. The van der Waals surface area contributed by atoms with E-state index in [1.54, 1.807) is 36.9 Å². The van der Waals surface area contributed by atoms with Gasteiger partial charge in [0.1, 0.15) is 22.3 Å². The summed E-state index contributed by atoms with van der Waals surface area (Å²) < 4.78 is 7.85. The summed E-state index contributed by atoms with van der Waals surface area (Å²) in [6.07, 6.45) is 0.645. The zero-order chi connectivity index (χ0) is 20.9. The monoisotopic (exact) mass is 392 g/mol. The third-order valence-electron chi connectivity index (χ3n) is 4.91. The summed E-state index contributed by atoms with van der Waals surface area (Å²) in [6, 6.07) is 6.61. The molecule has 148 valence electrons. The van der Waals surface area contributed by atoms with Crippen LogP contribution in [-0.4, -0.2) is 26.0 Å². The van der Waals surface area contributed by atoms with Crippen molar-refractivity contribution in [1.82, 2.24) is 20.1 Å². The van der Waals surface area contributed by atoms with Crippen LogP contribution in [-0.2, 0) is 7.05 Å². The van der Waals surface area contributed by atoms with E-state index in [2.05, 4.69) is 15.4 Å². The van der Waals surface area contributed by atoms with Crippen LogP contribution >= 0.6 is 0 Å². The van der Waals surface area contributed by atoms with Gasteiger partial charge in [-0.05, 0) is 44.5 Å². The molecule has 0 spiro atoms. The van der Waals surface area contributed by atoms with Gasteiger partial charge in [0.2, 0.25) is 0 Å². The first kappa shape index (κ1) is 18.7. The predicted octanol–water partition coefficient (Wildman–Crippen LogP) is 3.69. The van der Waals surface area contributed by atoms with Gasteiger partial charge in [0.05, 0.1) is 17.6 Å². The van der Waals surface area contributed by atoms with Gasteiger partial charge < -0.3 is 14.8 Å². The van der Waals surface area contributed by atoms with Gasteiger partial charge in [0.15, 0.2) is 11.2 Å². The minimum absolute atomic E-state index is 0.165. The highest BCUT2D eigenvalue weighted by atomic mass is 16.4. The molecule has 0 fully saturated rings. The fraction of sp³-hybridized carbons (Fsp3) is 0.238. The molecular formula is C21H20N4O4. The van der Waals surface area contributed by atoms with Crippen molar-refractivity contribution in [3.63, 3.8) is 0 Å². The Morgan fingerprint density at radius 1 is 1.24 bits per heavy atom. The molecule has 0 radical (unpaired) electrons. The Hall–Kier alpha value is -3.68. The molecule has 1 atom stereocenters. The van der Waals surface area contributed by atoms with Crippen molar-refractivity contribution in [3.8, 4) is 11.5 Å². The van der Waals surface area contributed by atoms with Crippen molar-refractivity contribution in [2.75, 3.05) is 0 Å². The van der Waals surface area contributed by atoms with Crippen LogP contribution in [0.5, 0.6) is 0 Å². The molecule has 2 N–H and O–H groups in total. The normalized spacial score (nSPS) is 12.4. The van der Waals surface area contributed by atoms with Gasteiger partial charge in [-0.1, -0.05) is 6.07 Å². The lowest BCUT2D eigenvalue weighted by atomic mass is 9.99. The number of benzene rings is 1. The van der Waals surface area contributed by atoms with Gasteiger partial charge >= 0.3 is 6.09 Å². The fourth-order valence-electron chi connectivity index (χ4n) is 3.55. The minimum atomic E-state index is -1.15. The number of carbonyl (C=O) groups is 1. The molecule has 8 nitrogen and oxygen atoms in total. The van der Waals surface area contributed by atoms with Gasteiger partial charge in [0, 0.05) is 18.2 Å². The number of rotatable bonds is 3. The standard InChI is InChI=1S/C21H20N4O4/c1-10-7-13(12(3)22-21(27)28)20-14(8-10)18(26)11(2)19(29-20)16-6-5-15-17(23-16)9-25(4)24-15/h5-9,12,22H,1-4H3,(H,27,28). The van der Waals surface area contributed by atoms with Crippen molar-refractivity contribution in [2.45, 2.75) is 26.8 Å². The molecule has 1 amide bonds. The van der Waals surface area contributed by atoms with Gasteiger partial charge in [0.25, 0.3) is 0 Å². The third-order valence-corrected chi connectivity index (χ3v) is 4.91. The number of carboxylic acid groups (broad SMARTS) is 1. The van der Waals surface area contributed by atoms with Crippen LogP contribution in [0, 0.1) is 13.8 Å². The van der Waals surface area contributed by atoms with Crippen LogP contribution in [0.1, 0.15) is 29.7 Å². The number of aryl methyl sites for hydroxylation is 2. The van der Waals surface area contributed by atoms with E-state index in [1.165, 1.54) is 0 Å². The predicted molar refractivity (Wildman–Crippen MR) is 109 cm³/mol. The molecule has 1 unspecified atom stereocenters. The summed E-state index contributed by atoms with van der Waals surface area (Å²) in [6.45, 7) is 5.27. The third kappa shape index (κ3) is 3.22. The molecule has 0 saturated heterocycles. The summed E-state index contributed by atoms with van der Waals surface area (Å²) in [4.78, 5) is 28.8. The second-order valence-corrected chi connectivity index (χ2v) is 7.19. The number of amides is 1. The van der Waals surface area contributed by atoms with E-state index < -0.39 is 12.1 Å². The van der Waals surface area contributed by atoms with E-state index in [0.717, 1.165) is 11.1 Å². The van der Waals surface area contributed by atoms with Crippen LogP contribution < -0.4 is 10.7 Å². The van der Waals surface area contributed by atoms with E-state index in [-0.39, 0.29) is 5.43 Å². The Morgan fingerprint density at radius 2 is 2.00 bits per heavy atom. The molecule has 29 heavy (non-hydrogen) atoms. The second kappa shape index (κ2) is 6.73. The molecule has 0 aliphatic heterocycles. The highest BCUT2D eigenvalue weighted by molar-refractivity contribution is 5.85. The fourth-order valence-corrected chi connectivity index (χ4v) is 3.55. The van der Waals surface area contributed by atoms with E-state index in [4.69, 9.17) is 9.52 Å². The Kier molecular flexibility index (Phi) is 4.34. The van der Waals surface area contributed by atoms with Crippen molar-refractivity contribution in [1.29, 1.82) is 0 Å². The van der Waals surface area contributed by atoms with Gasteiger partial charge in [-0.2, -0.15) is 5.10 Å². The van der Waals surface area contributed by atoms with Gasteiger partial charge in [-0.15, -0.1) is 0 Å². The van der Waals surface area contributed by atoms with Crippen LogP contribution in [0.3, 0.4) is 0 Å². The average Bonchev–Trinajstić information content (AvgIpc) is 3.03. The summed E-state index contributed by atoms with van der Waals surface area (Å²) in [5.41, 5.74) is 4.04. The Labute approximate surface area is 165 Å². The minimum Gasteiger partial charge on any atom is -0.465 e. The van der Waals surface area contributed by atoms with E-state index in [1.807, 2.05) is 26.1 Å². The van der Waals surface area contributed by atoms with Crippen LogP contribution in [0.4, 0.5) is 4.79 Å². The zero-order valence-electron chi connectivity index (χ0n) is 16.5. The number of nitrogens with zero attached hydrogens (tertiary/aromatic N) is 3. The molecule has 3 heterocycles. The number of hydrogen-bond donors (Lipinski definition) is 2. The zero-order valence-corrected chi connectivity index (χ0v) is 16.5. The highest BCUT2D eigenvalue weighted by Crippen LogP contribution is 2.30. The summed E-state index contributed by atoms with van der Waals surface area (Å²) in [7, 11) is 1.81. The van der Waals surface area contributed by atoms with Gasteiger partial charge in [-0.3, -0.25) is 9.48 Å². The molecule has 1 aromatic carbocycles. The van der Waals surface area contributed by atoms with Crippen molar-refractivity contribution < 1.29 is 14.3 Å². The maximum absolute atomic E-state index is 13.1. The number of nitrogens with one attached hydrogen (secondary N) is 1. The SMILES string of the molecule is Cc1cc(C(C)NC(=O)O)c2oc(-c3ccc4nn(C)cc4n3)c(C)c(=O)c2c1. The molecule has 3 aromatic heterocycles. The van der Waals surface area contributed by atoms with Crippen molar-refractivity contribution in [3.05, 3.63) is 57.4 Å². The maximum Gasteiger partial charge on any atom is 0.405 e. The lowest BCUT2D eigenvalue weighted by molar-refractivity contribution is 0.191. The molecule has 0 saturated carbocycles. The van der Waals surface area contributed by atoms with Crippen LogP contribution in [0.25, 0.3) is 33.5 Å². The van der Waals surface area contributed by atoms with Gasteiger partial charge in [-0.25, -0.2) is 9.78 Å². The summed E-state index contributed by atoms with van der Waals surface area (Å²) in [5, 5.41) is 16.3. The lowest BCUT2D eigenvalue weighted by Crippen LogP contribution is -2.25. The molecule has 8 heteroatoms. The maximum atomic E-state index is 13.1. The number of pyridine rings is 1. The largest absolute Gasteiger partial charge is 0.465 e. The molecule has 4 aromatic rings. The first-order valence-electron chi connectivity index (χ1n) is 9.13. The smallest absolute Gasteiger partial charge is 0.405 e. The summed E-state index contributed by atoms with van der Waals surface area (Å²) in [5.74, 6) is 0.362. The van der Waals surface area contributed by atoms with E-state index >= 15 is 0 Å². The van der Waals surface area contributed by atoms with Crippen molar-refractivity contribution >= 4 is 28.1 Å². The number of hydrogen-bond acceptors (Lipinski definition) is 5.